The van der Waals surface area contributed by atoms with Crippen LogP contribution in [0, 0.1) is 0 Å². The molecule has 0 aliphatic heterocycles. The molecule has 0 aliphatic rings. The SMILES string of the molecule is NC(=S)NCCOC(F)(F)F. The van der Waals surface area contributed by atoms with Gasteiger partial charge in [-0.25, -0.2) is 0 Å². The van der Waals surface area contributed by atoms with Crippen molar-refractivity contribution in [1.82, 2.24) is 5.32 Å². The molecule has 0 spiro atoms. The monoisotopic (exact) mass is 188 g/mol. The fraction of sp³-hybridized carbons (Fsp3) is 0.750. The molecule has 0 aromatic carbocycles. The minimum Gasteiger partial charge on any atom is -0.376 e. The van der Waals surface area contributed by atoms with Crippen molar-refractivity contribution in [2.75, 3.05) is 13.2 Å². The third kappa shape index (κ3) is 9.44. The first kappa shape index (κ1) is 10.4. The topological polar surface area (TPSA) is 47.3 Å². The second kappa shape index (κ2) is 4.35. The molecule has 0 radical (unpaired) electrons. The summed E-state index contributed by atoms with van der Waals surface area (Å²) in [6.45, 7) is -0.546. The number of thiocarbonyl (C=S) groups is 1. The summed E-state index contributed by atoms with van der Waals surface area (Å²) < 4.78 is 37.2. The van der Waals surface area contributed by atoms with Gasteiger partial charge in [0, 0.05) is 6.54 Å². The zero-order valence-corrected chi connectivity index (χ0v) is 6.26. The van der Waals surface area contributed by atoms with Crippen molar-refractivity contribution in [1.29, 1.82) is 0 Å². The van der Waals surface area contributed by atoms with E-state index < -0.39 is 13.0 Å². The molecular formula is C4H7F3N2OS. The predicted molar refractivity (Wildman–Crippen MR) is 36.8 cm³/mol. The van der Waals surface area contributed by atoms with E-state index in [0.29, 0.717) is 0 Å². The lowest BCUT2D eigenvalue weighted by Gasteiger charge is -2.07. The molecule has 0 amide bonds. The Kier molecular flexibility index (Phi) is 4.12. The second-order valence-corrected chi connectivity index (χ2v) is 2.03. The lowest BCUT2D eigenvalue weighted by atomic mass is 10.7. The van der Waals surface area contributed by atoms with Gasteiger partial charge in [-0.15, -0.1) is 13.2 Å². The molecule has 0 heterocycles. The fourth-order valence-corrected chi connectivity index (χ4v) is 0.443. The lowest BCUT2D eigenvalue weighted by molar-refractivity contribution is -0.323. The maximum Gasteiger partial charge on any atom is 0.522 e. The largest absolute Gasteiger partial charge is 0.522 e. The predicted octanol–water partition coefficient (Wildman–Crippen LogP) is 0.356. The summed E-state index contributed by atoms with van der Waals surface area (Å²) in [6, 6.07) is 0. The van der Waals surface area contributed by atoms with E-state index in [-0.39, 0.29) is 11.7 Å². The number of ether oxygens (including phenoxy) is 1. The summed E-state index contributed by atoms with van der Waals surface area (Å²) in [5.41, 5.74) is 4.93. The molecule has 0 saturated heterocycles. The van der Waals surface area contributed by atoms with Crippen LogP contribution in [0.1, 0.15) is 0 Å². The average molecular weight is 188 g/mol. The zero-order chi connectivity index (χ0) is 8.91. The van der Waals surface area contributed by atoms with Crippen molar-refractivity contribution in [2.45, 2.75) is 6.36 Å². The number of alkyl halides is 3. The van der Waals surface area contributed by atoms with Gasteiger partial charge in [0.15, 0.2) is 5.11 Å². The third-order valence-corrected chi connectivity index (χ3v) is 0.811. The van der Waals surface area contributed by atoms with Crippen molar-refractivity contribution in [2.24, 2.45) is 5.73 Å². The highest BCUT2D eigenvalue weighted by atomic mass is 32.1. The van der Waals surface area contributed by atoms with Crippen molar-refractivity contribution in [3.63, 3.8) is 0 Å². The van der Waals surface area contributed by atoms with Gasteiger partial charge in [0.2, 0.25) is 0 Å². The minimum absolute atomic E-state index is 0.0456. The Bertz CT molecular complexity index is 138. The Morgan fingerprint density at radius 3 is 2.45 bits per heavy atom. The molecule has 0 saturated carbocycles. The third-order valence-electron chi connectivity index (χ3n) is 0.667. The number of hydrogen-bond donors (Lipinski definition) is 2. The lowest BCUT2D eigenvalue weighted by Crippen LogP contribution is -2.33. The van der Waals surface area contributed by atoms with Crippen LogP contribution >= 0.6 is 12.2 Å². The Hall–Kier alpha value is -0.560. The van der Waals surface area contributed by atoms with Crippen LogP contribution in [-0.2, 0) is 4.74 Å². The summed E-state index contributed by atoms with van der Waals surface area (Å²) in [5, 5.41) is 2.26. The fourth-order valence-electron chi connectivity index (χ4n) is 0.341. The number of halogens is 3. The van der Waals surface area contributed by atoms with Crippen LogP contribution in [0.15, 0.2) is 0 Å². The molecule has 0 rings (SSSR count). The van der Waals surface area contributed by atoms with E-state index in [4.69, 9.17) is 5.73 Å². The van der Waals surface area contributed by atoms with Crippen molar-refractivity contribution < 1.29 is 17.9 Å². The molecule has 0 aromatic heterocycles. The molecule has 3 N–H and O–H groups in total. The quantitative estimate of drug-likeness (QED) is 0.495. The van der Waals surface area contributed by atoms with Crippen LogP contribution in [0.5, 0.6) is 0 Å². The molecule has 0 atom stereocenters. The summed E-state index contributed by atoms with van der Waals surface area (Å²) in [6.07, 6.45) is -4.59. The van der Waals surface area contributed by atoms with Crippen LogP contribution in [0.4, 0.5) is 13.2 Å². The number of nitrogens with one attached hydrogen (secondary N) is 1. The molecule has 11 heavy (non-hydrogen) atoms. The Morgan fingerprint density at radius 1 is 1.55 bits per heavy atom. The van der Waals surface area contributed by atoms with E-state index in [1.54, 1.807) is 0 Å². The molecule has 0 unspecified atom stereocenters. The van der Waals surface area contributed by atoms with Crippen molar-refractivity contribution in [3.05, 3.63) is 0 Å². The highest BCUT2D eigenvalue weighted by Crippen LogP contribution is 2.14. The first-order chi connectivity index (χ1) is 4.92. The average Bonchev–Trinajstić information content (AvgIpc) is 1.78. The first-order valence-electron chi connectivity index (χ1n) is 2.66. The van der Waals surface area contributed by atoms with Crippen LogP contribution in [0.2, 0.25) is 0 Å². The standard InChI is InChI=1S/C4H7F3N2OS/c5-4(6,7)10-2-1-9-3(8)11/h1-2H2,(H3,8,9,11). The number of nitrogens with two attached hydrogens (primary N) is 1. The van der Waals surface area contributed by atoms with E-state index in [2.05, 4.69) is 22.3 Å². The smallest absolute Gasteiger partial charge is 0.376 e. The Balaban J connectivity index is 3.22. The van der Waals surface area contributed by atoms with Gasteiger partial charge in [-0.05, 0) is 12.2 Å². The molecule has 66 valence electrons. The molecule has 7 heteroatoms. The van der Waals surface area contributed by atoms with E-state index in [0.717, 1.165) is 0 Å². The van der Waals surface area contributed by atoms with Gasteiger partial charge < -0.3 is 11.1 Å². The van der Waals surface area contributed by atoms with Crippen molar-refractivity contribution in [3.8, 4) is 0 Å². The maximum atomic E-state index is 11.3. The minimum atomic E-state index is -4.59. The maximum absolute atomic E-state index is 11.3. The number of hydrogen-bond acceptors (Lipinski definition) is 2. The van der Waals surface area contributed by atoms with Gasteiger partial charge in [-0.2, -0.15) is 0 Å². The van der Waals surface area contributed by atoms with Gasteiger partial charge in [0.25, 0.3) is 0 Å². The Labute approximate surface area is 66.7 Å². The summed E-state index contributed by atoms with van der Waals surface area (Å²) in [7, 11) is 0. The normalized spacial score (nSPS) is 11.2. The van der Waals surface area contributed by atoms with Gasteiger partial charge in [0.1, 0.15) is 0 Å². The molecule has 0 fully saturated rings. The highest BCUT2D eigenvalue weighted by Gasteiger charge is 2.28. The van der Waals surface area contributed by atoms with Gasteiger partial charge in [0.05, 0.1) is 6.61 Å². The van der Waals surface area contributed by atoms with Crippen LogP contribution in [-0.4, -0.2) is 24.6 Å². The second-order valence-electron chi connectivity index (χ2n) is 1.59. The molecular weight excluding hydrogens is 181 g/mol. The Morgan fingerprint density at radius 2 is 2.09 bits per heavy atom. The summed E-state index contributed by atoms with van der Waals surface area (Å²) in [4.78, 5) is 0. The molecule has 0 bridgehead atoms. The van der Waals surface area contributed by atoms with E-state index >= 15 is 0 Å². The van der Waals surface area contributed by atoms with Gasteiger partial charge in [-0.3, -0.25) is 4.74 Å². The highest BCUT2D eigenvalue weighted by molar-refractivity contribution is 7.80. The van der Waals surface area contributed by atoms with E-state index in [1.807, 2.05) is 0 Å². The van der Waals surface area contributed by atoms with Crippen LogP contribution < -0.4 is 11.1 Å². The van der Waals surface area contributed by atoms with Crippen LogP contribution in [0.25, 0.3) is 0 Å². The molecule has 0 aliphatic carbocycles. The van der Waals surface area contributed by atoms with Crippen LogP contribution in [0.3, 0.4) is 0 Å². The molecule has 3 nitrogen and oxygen atoms in total. The van der Waals surface area contributed by atoms with Gasteiger partial charge >= 0.3 is 6.36 Å². The van der Waals surface area contributed by atoms with E-state index in [9.17, 15) is 13.2 Å². The zero-order valence-electron chi connectivity index (χ0n) is 5.44. The van der Waals surface area contributed by atoms with E-state index in [1.165, 1.54) is 0 Å². The first-order valence-corrected chi connectivity index (χ1v) is 3.06. The summed E-state index contributed by atoms with van der Waals surface area (Å²) in [5.74, 6) is 0. The van der Waals surface area contributed by atoms with Crippen molar-refractivity contribution >= 4 is 17.3 Å². The summed E-state index contributed by atoms with van der Waals surface area (Å²) >= 11 is 4.33. The van der Waals surface area contributed by atoms with Gasteiger partial charge in [-0.1, -0.05) is 0 Å². The number of rotatable bonds is 3. The molecule has 0 aromatic rings.